The smallest absolute Gasteiger partial charge is 0.0714 e. The molecule has 0 N–H and O–H groups in total. The van der Waals surface area contributed by atoms with E-state index in [9.17, 15) is 0 Å². The van der Waals surface area contributed by atoms with Crippen LogP contribution in [0.1, 0.15) is 0 Å². The first-order valence-electron chi connectivity index (χ1n) is 11.9. The van der Waals surface area contributed by atoms with Gasteiger partial charge in [-0.1, -0.05) is 72.8 Å². The highest BCUT2D eigenvalue weighted by molar-refractivity contribution is 7.27. The number of nitrogens with zero attached hydrogens (tertiary/aromatic N) is 1. The SMILES string of the molecule is c1ccc2c(c1)cn1c2c2cc3c(cc2c2ccc4c5ccccc5sc4c21)sc1ccccc13. The number of benzene rings is 5. The van der Waals surface area contributed by atoms with Crippen LogP contribution in [0, 0.1) is 0 Å². The molecule has 4 heterocycles. The largest absolute Gasteiger partial charge is 0.313 e. The van der Waals surface area contributed by atoms with E-state index in [2.05, 4.69) is 108 Å². The van der Waals surface area contributed by atoms with Gasteiger partial charge in [-0.05, 0) is 29.7 Å². The average Bonchev–Trinajstić information content (AvgIpc) is 3.58. The first-order chi connectivity index (χ1) is 17.3. The average molecular weight is 480 g/mol. The molecule has 0 aliphatic carbocycles. The third kappa shape index (κ3) is 2.28. The van der Waals surface area contributed by atoms with Crippen molar-refractivity contribution in [1.82, 2.24) is 4.40 Å². The summed E-state index contributed by atoms with van der Waals surface area (Å²) in [5, 5.41) is 12.0. The number of pyridine rings is 1. The first-order valence-corrected chi connectivity index (χ1v) is 13.5. The van der Waals surface area contributed by atoms with Gasteiger partial charge in [-0.15, -0.1) is 22.7 Å². The lowest BCUT2D eigenvalue weighted by molar-refractivity contribution is 1.31. The van der Waals surface area contributed by atoms with Crippen molar-refractivity contribution < 1.29 is 0 Å². The van der Waals surface area contributed by atoms with E-state index >= 15 is 0 Å². The Balaban J connectivity index is 1.62. The van der Waals surface area contributed by atoms with Gasteiger partial charge < -0.3 is 4.40 Å². The summed E-state index contributed by atoms with van der Waals surface area (Å²) in [6, 6.07) is 36.0. The minimum absolute atomic E-state index is 1.29. The first kappa shape index (κ1) is 18.4. The van der Waals surface area contributed by atoms with Crippen LogP contribution in [-0.4, -0.2) is 4.40 Å². The highest BCUT2D eigenvalue weighted by Crippen LogP contribution is 2.45. The lowest BCUT2D eigenvalue weighted by atomic mass is 10.00. The van der Waals surface area contributed by atoms with Crippen molar-refractivity contribution >= 4 is 101 Å². The molecule has 0 atom stereocenters. The molecule has 9 aromatic rings. The molecule has 5 aromatic carbocycles. The van der Waals surface area contributed by atoms with E-state index in [-0.39, 0.29) is 0 Å². The summed E-state index contributed by atoms with van der Waals surface area (Å²) in [5.74, 6) is 0. The quantitative estimate of drug-likeness (QED) is 0.191. The zero-order valence-corrected chi connectivity index (χ0v) is 20.2. The van der Waals surface area contributed by atoms with Crippen LogP contribution in [0.3, 0.4) is 0 Å². The predicted molar refractivity (Wildman–Crippen MR) is 156 cm³/mol. The van der Waals surface area contributed by atoms with Gasteiger partial charge in [0.1, 0.15) is 0 Å². The number of thiophene rings is 2. The Morgan fingerprint density at radius 2 is 1.11 bits per heavy atom. The van der Waals surface area contributed by atoms with Gasteiger partial charge >= 0.3 is 0 Å². The van der Waals surface area contributed by atoms with Gasteiger partial charge in [-0.25, -0.2) is 0 Å². The van der Waals surface area contributed by atoms with E-state index in [1.54, 1.807) is 0 Å². The van der Waals surface area contributed by atoms with E-state index in [1.807, 2.05) is 22.7 Å². The summed E-state index contributed by atoms with van der Waals surface area (Å²) in [5.41, 5.74) is 2.63. The predicted octanol–water partition coefficient (Wildman–Crippen LogP) is 10.1. The number of hydrogen-bond donors (Lipinski definition) is 0. The summed E-state index contributed by atoms with van der Waals surface area (Å²) in [4.78, 5) is 0. The molecule has 0 aliphatic heterocycles. The van der Waals surface area contributed by atoms with Gasteiger partial charge in [0.15, 0.2) is 0 Å². The van der Waals surface area contributed by atoms with Crippen LogP contribution in [0.5, 0.6) is 0 Å². The molecule has 0 unspecified atom stereocenters. The Bertz CT molecular complexity index is 2330. The summed E-state index contributed by atoms with van der Waals surface area (Å²) >= 11 is 3.81. The topological polar surface area (TPSA) is 4.41 Å². The van der Waals surface area contributed by atoms with Crippen molar-refractivity contribution in [1.29, 1.82) is 0 Å². The summed E-state index contributed by atoms with van der Waals surface area (Å²) < 4.78 is 7.90. The maximum Gasteiger partial charge on any atom is 0.0714 e. The summed E-state index contributed by atoms with van der Waals surface area (Å²) in [6.07, 6.45) is 2.34. The zero-order valence-electron chi connectivity index (χ0n) is 18.6. The highest BCUT2D eigenvalue weighted by atomic mass is 32.1. The third-order valence-corrected chi connectivity index (χ3v) is 9.88. The van der Waals surface area contributed by atoms with Crippen LogP contribution < -0.4 is 0 Å². The molecule has 0 amide bonds. The van der Waals surface area contributed by atoms with Crippen molar-refractivity contribution in [2.24, 2.45) is 0 Å². The molecule has 4 aromatic heterocycles. The Labute approximate surface area is 208 Å². The molecule has 0 saturated heterocycles. The molecule has 3 heteroatoms. The van der Waals surface area contributed by atoms with E-state index in [4.69, 9.17) is 0 Å². The molecule has 162 valence electrons. The fourth-order valence-corrected chi connectivity index (χ4v) is 8.41. The molecular formula is C32H17NS2. The highest BCUT2D eigenvalue weighted by Gasteiger charge is 2.18. The van der Waals surface area contributed by atoms with Gasteiger partial charge in [0.25, 0.3) is 0 Å². The van der Waals surface area contributed by atoms with Gasteiger partial charge in [0.05, 0.1) is 15.7 Å². The fraction of sp³-hybridized carbons (Fsp3) is 0. The molecule has 0 bridgehead atoms. The molecule has 9 rings (SSSR count). The van der Waals surface area contributed by atoms with Crippen molar-refractivity contribution in [2.45, 2.75) is 0 Å². The number of hydrogen-bond acceptors (Lipinski definition) is 2. The maximum absolute atomic E-state index is 2.47. The van der Waals surface area contributed by atoms with Gasteiger partial charge in [-0.3, -0.25) is 0 Å². The Kier molecular flexibility index (Phi) is 3.36. The van der Waals surface area contributed by atoms with E-state index in [1.165, 1.54) is 78.3 Å². The Morgan fingerprint density at radius 1 is 0.429 bits per heavy atom. The Morgan fingerprint density at radius 3 is 1.97 bits per heavy atom. The van der Waals surface area contributed by atoms with Gasteiger partial charge in [0, 0.05) is 63.4 Å². The molecule has 0 radical (unpaired) electrons. The van der Waals surface area contributed by atoms with Crippen LogP contribution in [0.15, 0.2) is 103 Å². The van der Waals surface area contributed by atoms with Crippen molar-refractivity contribution in [2.75, 3.05) is 0 Å². The van der Waals surface area contributed by atoms with Crippen molar-refractivity contribution in [3.63, 3.8) is 0 Å². The molecule has 0 saturated carbocycles. The molecule has 1 nitrogen and oxygen atoms in total. The normalized spacial score (nSPS) is 12.6. The number of fused-ring (bicyclic) bond motifs is 15. The molecule has 0 fully saturated rings. The minimum atomic E-state index is 1.29. The second-order valence-electron chi connectivity index (χ2n) is 9.36. The molecule has 0 spiro atoms. The van der Waals surface area contributed by atoms with Crippen LogP contribution in [0.2, 0.25) is 0 Å². The lowest BCUT2D eigenvalue weighted by Crippen LogP contribution is -1.90. The van der Waals surface area contributed by atoms with Gasteiger partial charge in [0.2, 0.25) is 0 Å². The molecule has 35 heavy (non-hydrogen) atoms. The lowest BCUT2D eigenvalue weighted by Gasteiger charge is -2.11. The van der Waals surface area contributed by atoms with E-state index in [0.717, 1.165) is 0 Å². The zero-order chi connectivity index (χ0) is 22.7. The second kappa shape index (κ2) is 6.39. The van der Waals surface area contributed by atoms with Crippen LogP contribution in [0.4, 0.5) is 0 Å². The second-order valence-corrected chi connectivity index (χ2v) is 11.5. The standard InChI is InChI=1S/C32H17NS2/c1-2-8-19-18(7-1)17-33-30(19)26-15-25-21-10-4-5-11-27(21)34-29(25)16-24(26)22-13-14-23-20-9-3-6-12-28(20)35-32(23)31(22)33/h1-17H. The van der Waals surface area contributed by atoms with E-state index in [0.29, 0.717) is 0 Å². The molecule has 0 aliphatic rings. The monoisotopic (exact) mass is 479 g/mol. The van der Waals surface area contributed by atoms with Gasteiger partial charge in [-0.2, -0.15) is 0 Å². The Hall–Kier alpha value is -3.92. The van der Waals surface area contributed by atoms with Crippen molar-refractivity contribution in [3.05, 3.63) is 103 Å². The molecular weight excluding hydrogens is 462 g/mol. The summed E-state index contributed by atoms with van der Waals surface area (Å²) in [6.45, 7) is 0. The number of rotatable bonds is 0. The van der Waals surface area contributed by atoms with Crippen molar-refractivity contribution in [3.8, 4) is 0 Å². The van der Waals surface area contributed by atoms with Crippen LogP contribution >= 0.6 is 22.7 Å². The third-order valence-electron chi connectivity index (χ3n) is 7.55. The minimum Gasteiger partial charge on any atom is -0.313 e. The fourth-order valence-electron chi connectivity index (χ4n) is 6.03. The van der Waals surface area contributed by atoms with Crippen LogP contribution in [-0.2, 0) is 0 Å². The maximum atomic E-state index is 2.47. The van der Waals surface area contributed by atoms with E-state index < -0.39 is 0 Å². The van der Waals surface area contributed by atoms with Crippen LogP contribution in [0.25, 0.3) is 78.3 Å². The summed E-state index contributed by atoms with van der Waals surface area (Å²) in [7, 11) is 0. The number of aromatic nitrogens is 1.